The Hall–Kier alpha value is -3.07. The number of rotatable bonds is 8. The van der Waals surface area contributed by atoms with Crippen molar-refractivity contribution in [2.24, 2.45) is 0 Å². The Balaban J connectivity index is 1.70. The molecule has 0 bridgehead atoms. The Kier molecular flexibility index (Phi) is 10.3. The van der Waals surface area contributed by atoms with Gasteiger partial charge in [-0.3, -0.25) is 14.3 Å². The number of hydrogen-bond acceptors (Lipinski definition) is 8. The molecule has 0 spiro atoms. The fraction of sp³-hybridized carbons (Fsp3) is 0.483. The Labute approximate surface area is 268 Å². The van der Waals surface area contributed by atoms with Crippen LogP contribution in [0.5, 0.6) is 5.75 Å². The molecule has 1 aliphatic heterocycles. The molecule has 1 atom stereocenters. The number of carbonyl (C=O) groups excluding carboxylic acids is 1. The van der Waals surface area contributed by atoms with Gasteiger partial charge in [0, 0.05) is 29.7 Å². The first-order chi connectivity index (χ1) is 20.9. The van der Waals surface area contributed by atoms with Gasteiger partial charge in [-0.25, -0.2) is 18.2 Å². The minimum atomic E-state index is -5.10. The maximum absolute atomic E-state index is 13.6. The Morgan fingerprint density at radius 3 is 2.51 bits per heavy atom. The molecule has 0 aliphatic carbocycles. The third-order valence-electron chi connectivity index (χ3n) is 7.03. The number of likely N-dealkylation sites (tertiary alicyclic amines) is 1. The largest absolute Gasteiger partial charge is 0.573 e. The summed E-state index contributed by atoms with van der Waals surface area (Å²) in [6.45, 7) is 7.12. The molecule has 1 aromatic heterocycles. The molecule has 1 fully saturated rings. The van der Waals surface area contributed by atoms with Crippen molar-refractivity contribution in [1.82, 2.24) is 19.8 Å². The highest BCUT2D eigenvalue weighted by Gasteiger charge is 2.34. The van der Waals surface area contributed by atoms with Crippen LogP contribution in [0.3, 0.4) is 0 Å². The molecule has 0 radical (unpaired) electrons. The highest BCUT2D eigenvalue weighted by atomic mass is 35.5. The van der Waals surface area contributed by atoms with E-state index < -0.39 is 39.2 Å². The van der Waals surface area contributed by atoms with E-state index in [1.807, 2.05) is 4.90 Å². The molecular weight excluding hydrogens is 660 g/mol. The number of piperidine rings is 1. The van der Waals surface area contributed by atoms with Crippen molar-refractivity contribution in [2.75, 3.05) is 18.8 Å². The maximum Gasteiger partial charge on any atom is 0.573 e. The zero-order valence-electron chi connectivity index (χ0n) is 25.0. The zero-order valence-corrected chi connectivity index (χ0v) is 27.3. The summed E-state index contributed by atoms with van der Waals surface area (Å²) in [5.41, 5.74) is -1.33. The first kappa shape index (κ1) is 34.8. The van der Waals surface area contributed by atoms with Crippen LogP contribution < -0.4 is 15.6 Å². The van der Waals surface area contributed by atoms with Gasteiger partial charge in [-0.05, 0) is 70.0 Å². The van der Waals surface area contributed by atoms with Gasteiger partial charge in [0.05, 0.1) is 39.4 Å². The molecule has 1 saturated heterocycles. The van der Waals surface area contributed by atoms with Crippen LogP contribution in [0, 0.1) is 0 Å². The molecule has 1 aliphatic rings. The average Bonchev–Trinajstić information content (AvgIpc) is 2.91. The molecule has 0 saturated carbocycles. The van der Waals surface area contributed by atoms with Gasteiger partial charge >= 0.3 is 12.5 Å². The van der Waals surface area contributed by atoms with Crippen LogP contribution in [0.25, 0.3) is 10.9 Å². The van der Waals surface area contributed by atoms with Crippen LogP contribution in [0.2, 0.25) is 10.0 Å². The van der Waals surface area contributed by atoms with Crippen LogP contribution in [0.4, 0.5) is 18.0 Å². The van der Waals surface area contributed by atoms with Crippen molar-refractivity contribution < 1.29 is 35.9 Å². The number of sulfone groups is 1. The molecule has 45 heavy (non-hydrogen) atoms. The van der Waals surface area contributed by atoms with Gasteiger partial charge in [0.15, 0.2) is 9.84 Å². The standard InChI is InChI=1S/C29H33Cl2F3N4O6S/c1-5-45(41,42)23-9-8-18(30)11-17(23)13-38-16-35-25-20(26(38)39)12-22(43-29(32,33)34)21(24(25)31)15-37-10-6-7-19(14-37)36-27(40)44-28(2,3)4/h8-9,11-12,16,19H,5-7,10,13-15H2,1-4H3,(H,36,40)/t19-/m0/s1. The molecule has 3 aromatic rings. The summed E-state index contributed by atoms with van der Waals surface area (Å²) in [5, 5.41) is 2.57. The number of alkyl carbamates (subject to hydrolysis) is 1. The van der Waals surface area contributed by atoms with Crippen molar-refractivity contribution >= 4 is 50.0 Å². The van der Waals surface area contributed by atoms with E-state index >= 15 is 0 Å². The number of amides is 1. The minimum Gasteiger partial charge on any atom is -0.444 e. The molecular formula is C29H33Cl2F3N4O6S. The van der Waals surface area contributed by atoms with Crippen LogP contribution in [0.15, 0.2) is 40.3 Å². The monoisotopic (exact) mass is 692 g/mol. The molecule has 1 N–H and O–H groups in total. The van der Waals surface area contributed by atoms with Gasteiger partial charge in [0.25, 0.3) is 5.56 Å². The normalized spacial score (nSPS) is 16.5. The molecule has 4 rings (SSSR count). The first-order valence-electron chi connectivity index (χ1n) is 14.1. The van der Waals surface area contributed by atoms with E-state index in [9.17, 15) is 31.2 Å². The Morgan fingerprint density at radius 1 is 1.16 bits per heavy atom. The topological polar surface area (TPSA) is 120 Å². The summed E-state index contributed by atoms with van der Waals surface area (Å²) in [4.78, 5) is 31.9. The van der Waals surface area contributed by atoms with Crippen molar-refractivity contribution in [2.45, 2.75) is 76.5 Å². The first-order valence-corrected chi connectivity index (χ1v) is 16.5. The molecule has 0 unspecified atom stereocenters. The number of nitrogens with one attached hydrogen (secondary N) is 1. The second-order valence-electron chi connectivity index (χ2n) is 11.7. The predicted octanol–water partition coefficient (Wildman–Crippen LogP) is 5.93. The second kappa shape index (κ2) is 13.3. The van der Waals surface area contributed by atoms with E-state index in [4.69, 9.17) is 27.9 Å². The van der Waals surface area contributed by atoms with Crippen molar-refractivity contribution in [1.29, 1.82) is 0 Å². The van der Waals surface area contributed by atoms with Gasteiger partial charge in [-0.2, -0.15) is 0 Å². The summed E-state index contributed by atoms with van der Waals surface area (Å²) in [6.07, 6.45) is -3.27. The third-order valence-corrected chi connectivity index (χ3v) is 9.50. The molecule has 2 aromatic carbocycles. The van der Waals surface area contributed by atoms with Crippen LogP contribution in [-0.4, -0.2) is 65.8 Å². The number of hydrogen-bond donors (Lipinski definition) is 1. The minimum absolute atomic E-state index is 0.0307. The van der Waals surface area contributed by atoms with E-state index in [1.54, 1.807) is 20.8 Å². The fourth-order valence-electron chi connectivity index (χ4n) is 5.08. The van der Waals surface area contributed by atoms with Gasteiger partial charge in [-0.1, -0.05) is 30.1 Å². The summed E-state index contributed by atoms with van der Waals surface area (Å²) in [6, 6.07) is 4.77. The van der Waals surface area contributed by atoms with Crippen LogP contribution in [0.1, 0.15) is 51.7 Å². The lowest BCUT2D eigenvalue weighted by atomic mass is 10.0. The van der Waals surface area contributed by atoms with E-state index in [0.717, 1.165) is 17.0 Å². The lowest BCUT2D eigenvalue weighted by Crippen LogP contribution is -2.48. The summed E-state index contributed by atoms with van der Waals surface area (Å²) >= 11 is 12.7. The average molecular weight is 694 g/mol. The number of benzene rings is 2. The number of halogens is 5. The molecule has 2 heterocycles. The molecule has 246 valence electrons. The lowest BCUT2D eigenvalue weighted by molar-refractivity contribution is -0.274. The quantitative estimate of drug-likeness (QED) is 0.309. The van der Waals surface area contributed by atoms with Gasteiger partial charge in [0.1, 0.15) is 11.4 Å². The van der Waals surface area contributed by atoms with Crippen LogP contribution >= 0.6 is 23.2 Å². The number of fused-ring (bicyclic) bond motifs is 1. The van der Waals surface area contributed by atoms with E-state index in [0.29, 0.717) is 25.9 Å². The Morgan fingerprint density at radius 2 is 1.87 bits per heavy atom. The number of nitrogens with zero attached hydrogens (tertiary/aromatic N) is 3. The van der Waals surface area contributed by atoms with Gasteiger partial charge in [0.2, 0.25) is 0 Å². The highest BCUT2D eigenvalue weighted by molar-refractivity contribution is 7.91. The molecule has 16 heteroatoms. The number of ether oxygens (including phenoxy) is 2. The summed E-state index contributed by atoms with van der Waals surface area (Å²) in [5.74, 6) is -0.867. The SMILES string of the molecule is CCS(=O)(=O)c1ccc(Cl)cc1Cn1cnc2c(Cl)c(CN3CCC[C@H](NC(=O)OC(C)(C)C)C3)c(OC(F)(F)F)cc2c1=O. The number of alkyl halides is 3. The second-order valence-corrected chi connectivity index (χ2v) is 14.7. The molecule has 1 amide bonds. The van der Waals surface area contributed by atoms with Crippen molar-refractivity contribution in [3.8, 4) is 5.75 Å². The summed E-state index contributed by atoms with van der Waals surface area (Å²) < 4.78 is 76.7. The number of carbonyl (C=O) groups is 1. The summed E-state index contributed by atoms with van der Waals surface area (Å²) in [7, 11) is -3.69. The Bertz CT molecular complexity index is 1760. The maximum atomic E-state index is 13.6. The van der Waals surface area contributed by atoms with Gasteiger partial charge in [-0.15, -0.1) is 13.2 Å². The van der Waals surface area contributed by atoms with Crippen LogP contribution in [-0.2, 0) is 27.7 Å². The van der Waals surface area contributed by atoms with Crippen molar-refractivity contribution in [3.63, 3.8) is 0 Å². The van der Waals surface area contributed by atoms with E-state index in [2.05, 4.69) is 15.0 Å². The fourth-order valence-corrected chi connectivity index (χ4v) is 6.69. The van der Waals surface area contributed by atoms with Crippen molar-refractivity contribution in [3.05, 3.63) is 62.1 Å². The van der Waals surface area contributed by atoms with E-state index in [-0.39, 0.29) is 61.9 Å². The van der Waals surface area contributed by atoms with Gasteiger partial charge < -0.3 is 14.8 Å². The molecule has 10 nitrogen and oxygen atoms in total. The predicted molar refractivity (Wildman–Crippen MR) is 164 cm³/mol. The lowest BCUT2D eigenvalue weighted by Gasteiger charge is -2.34. The zero-order chi connectivity index (χ0) is 33.3. The third kappa shape index (κ3) is 8.81. The van der Waals surface area contributed by atoms with E-state index in [1.165, 1.54) is 25.1 Å². The smallest absolute Gasteiger partial charge is 0.444 e. The number of aromatic nitrogens is 2. The highest BCUT2D eigenvalue weighted by Crippen LogP contribution is 2.37.